The minimum absolute atomic E-state index is 0.0667. The average Bonchev–Trinajstić information content (AvgIpc) is 3.39. The number of pyridine rings is 1. The van der Waals surface area contributed by atoms with Crippen molar-refractivity contribution < 1.29 is 27.1 Å². The summed E-state index contributed by atoms with van der Waals surface area (Å²) in [6.07, 6.45) is 0.272. The number of alkyl halides is 3. The molecule has 0 N–H and O–H groups in total. The van der Waals surface area contributed by atoms with Gasteiger partial charge in [-0.25, -0.2) is 19.3 Å². The van der Waals surface area contributed by atoms with Crippen molar-refractivity contribution in [2.24, 2.45) is 5.92 Å². The second-order valence-electron chi connectivity index (χ2n) is 8.16. The fourth-order valence-electron chi connectivity index (χ4n) is 4.58. The molecule has 0 spiro atoms. The molecule has 1 saturated carbocycles. The van der Waals surface area contributed by atoms with Crippen LogP contribution < -0.4 is 4.74 Å². The number of hydrogen-bond donors (Lipinski definition) is 0. The van der Waals surface area contributed by atoms with Gasteiger partial charge in [-0.3, -0.25) is 4.79 Å². The highest BCUT2D eigenvalue weighted by molar-refractivity contribution is 6.00. The third-order valence-corrected chi connectivity index (χ3v) is 6.04. The number of amides is 1. The van der Waals surface area contributed by atoms with Gasteiger partial charge >= 0.3 is 6.18 Å². The predicted octanol–water partition coefficient (Wildman–Crippen LogP) is 4.38. The Balaban J connectivity index is 1.37. The normalized spacial score (nSPS) is 21.9. The Kier molecular flexibility index (Phi) is 5.22. The molecule has 2 aliphatic rings. The van der Waals surface area contributed by atoms with Crippen LogP contribution in [0.15, 0.2) is 55.0 Å². The van der Waals surface area contributed by atoms with Crippen LogP contribution in [-0.2, 0) is 6.18 Å². The molecule has 1 aliphatic carbocycles. The number of piperidine rings is 1. The van der Waals surface area contributed by atoms with Gasteiger partial charge in [0.25, 0.3) is 5.91 Å². The Bertz CT molecular complexity index is 1170. The number of fused-ring (bicyclic) bond motifs is 2. The summed E-state index contributed by atoms with van der Waals surface area (Å²) < 4.78 is 58.2. The number of carbonyl (C=O) groups excluding carboxylic acids is 1. The van der Waals surface area contributed by atoms with Crippen LogP contribution in [0, 0.1) is 11.7 Å². The number of hydrogen-bond acceptors (Lipinski definition) is 5. The molecule has 33 heavy (non-hydrogen) atoms. The van der Waals surface area contributed by atoms with E-state index in [1.165, 1.54) is 24.3 Å². The summed E-state index contributed by atoms with van der Waals surface area (Å²) >= 11 is 0. The molecular weight excluding hydrogens is 440 g/mol. The molecule has 170 valence electrons. The summed E-state index contributed by atoms with van der Waals surface area (Å²) in [4.78, 5) is 27.2. The Morgan fingerprint density at radius 1 is 1.06 bits per heavy atom. The number of nitrogens with zero attached hydrogens (tertiary/aromatic N) is 4. The van der Waals surface area contributed by atoms with E-state index in [0.717, 1.165) is 12.3 Å². The fourth-order valence-corrected chi connectivity index (χ4v) is 4.58. The van der Waals surface area contributed by atoms with Gasteiger partial charge in [0.2, 0.25) is 5.88 Å². The molecule has 1 amide bonds. The van der Waals surface area contributed by atoms with E-state index < -0.39 is 23.7 Å². The van der Waals surface area contributed by atoms with E-state index >= 15 is 0 Å². The highest BCUT2D eigenvalue weighted by atomic mass is 19.4. The van der Waals surface area contributed by atoms with Crippen LogP contribution >= 0.6 is 0 Å². The van der Waals surface area contributed by atoms with E-state index in [1.807, 2.05) is 0 Å². The van der Waals surface area contributed by atoms with Crippen molar-refractivity contribution in [2.45, 2.75) is 31.2 Å². The standard InChI is InChI=1S/C23H18F4N4O2/c24-15-3-4-16(21-28-6-1-7-29-21)17(10-15)22(32)31-12-13-8-18(31)19(9-13)33-20-5-2-14(11-30-20)23(25,26)27/h1-7,10-11,13,18-19H,8-9,12H2/t13?,18-,19+/m0/s1. The monoisotopic (exact) mass is 458 g/mol. The van der Waals surface area contributed by atoms with Crippen molar-refractivity contribution in [3.63, 3.8) is 0 Å². The van der Waals surface area contributed by atoms with E-state index in [2.05, 4.69) is 15.0 Å². The van der Waals surface area contributed by atoms with Crippen molar-refractivity contribution in [1.29, 1.82) is 0 Å². The maximum atomic E-state index is 14.1. The number of halogens is 4. The number of benzene rings is 1. The zero-order valence-electron chi connectivity index (χ0n) is 17.2. The first kappa shape index (κ1) is 21.3. The predicted molar refractivity (Wildman–Crippen MR) is 109 cm³/mol. The third kappa shape index (κ3) is 4.12. The van der Waals surface area contributed by atoms with Crippen LogP contribution in [0.2, 0.25) is 0 Å². The van der Waals surface area contributed by atoms with Crippen LogP contribution in [0.5, 0.6) is 5.88 Å². The highest BCUT2D eigenvalue weighted by Gasteiger charge is 2.49. The first-order valence-corrected chi connectivity index (χ1v) is 10.4. The smallest absolute Gasteiger partial charge is 0.417 e. The number of carbonyl (C=O) groups is 1. The molecular formula is C23H18F4N4O2. The number of rotatable bonds is 4. The summed E-state index contributed by atoms with van der Waals surface area (Å²) in [5.74, 6) is -0.352. The van der Waals surface area contributed by atoms with Gasteiger partial charge in [-0.05, 0) is 49.1 Å². The molecule has 2 aromatic heterocycles. The van der Waals surface area contributed by atoms with E-state index in [9.17, 15) is 22.4 Å². The van der Waals surface area contributed by atoms with Crippen molar-refractivity contribution in [3.8, 4) is 17.3 Å². The van der Waals surface area contributed by atoms with Gasteiger partial charge in [0.15, 0.2) is 5.82 Å². The van der Waals surface area contributed by atoms with Gasteiger partial charge in [-0.1, -0.05) is 0 Å². The largest absolute Gasteiger partial charge is 0.472 e. The lowest BCUT2D eigenvalue weighted by Gasteiger charge is -2.33. The molecule has 5 rings (SSSR count). The van der Waals surface area contributed by atoms with Crippen LogP contribution in [0.1, 0.15) is 28.8 Å². The van der Waals surface area contributed by atoms with Gasteiger partial charge in [0, 0.05) is 36.8 Å². The van der Waals surface area contributed by atoms with Crippen molar-refractivity contribution in [3.05, 3.63) is 71.9 Å². The molecule has 1 aromatic carbocycles. The Morgan fingerprint density at radius 2 is 1.85 bits per heavy atom. The fraction of sp³-hybridized carbons (Fsp3) is 0.304. The van der Waals surface area contributed by atoms with Crippen LogP contribution in [0.25, 0.3) is 11.4 Å². The highest BCUT2D eigenvalue weighted by Crippen LogP contribution is 2.41. The molecule has 2 fully saturated rings. The van der Waals surface area contributed by atoms with Gasteiger partial charge in [-0.2, -0.15) is 13.2 Å². The molecule has 1 unspecified atom stereocenters. The first-order chi connectivity index (χ1) is 15.8. The maximum Gasteiger partial charge on any atom is 0.417 e. The molecule has 3 heterocycles. The average molecular weight is 458 g/mol. The van der Waals surface area contributed by atoms with E-state index in [0.29, 0.717) is 30.8 Å². The number of likely N-dealkylation sites (tertiary alicyclic amines) is 1. The lowest BCUT2D eigenvalue weighted by Crippen LogP contribution is -2.47. The maximum absolute atomic E-state index is 14.1. The molecule has 1 aliphatic heterocycles. The van der Waals surface area contributed by atoms with Crippen LogP contribution in [0.3, 0.4) is 0 Å². The SMILES string of the molecule is O=C(c1cc(F)ccc1-c1ncccn1)N1CC2C[C@@H](Oc3ccc(C(F)(F)F)cn3)[C@@H]1C2. The van der Waals surface area contributed by atoms with Crippen LogP contribution in [-0.4, -0.2) is 44.4 Å². The van der Waals surface area contributed by atoms with E-state index in [4.69, 9.17) is 4.74 Å². The topological polar surface area (TPSA) is 68.2 Å². The number of ether oxygens (including phenoxy) is 1. The minimum atomic E-state index is -4.48. The first-order valence-electron chi connectivity index (χ1n) is 10.4. The molecule has 1 saturated heterocycles. The quantitative estimate of drug-likeness (QED) is 0.543. The van der Waals surface area contributed by atoms with Gasteiger partial charge in [0.05, 0.1) is 17.2 Å². The molecule has 10 heteroatoms. The summed E-state index contributed by atoms with van der Waals surface area (Å²) in [6.45, 7) is 0.495. The zero-order chi connectivity index (χ0) is 23.2. The van der Waals surface area contributed by atoms with Crippen molar-refractivity contribution >= 4 is 5.91 Å². The van der Waals surface area contributed by atoms with Gasteiger partial charge in [-0.15, -0.1) is 0 Å². The summed E-state index contributed by atoms with van der Waals surface area (Å²) in [7, 11) is 0. The van der Waals surface area contributed by atoms with Crippen molar-refractivity contribution in [1.82, 2.24) is 19.9 Å². The van der Waals surface area contributed by atoms with E-state index in [-0.39, 0.29) is 29.3 Å². The lowest BCUT2D eigenvalue weighted by atomic mass is 10.0. The summed E-state index contributed by atoms with van der Waals surface area (Å²) in [5.41, 5.74) is -0.284. The van der Waals surface area contributed by atoms with Gasteiger partial charge in [0.1, 0.15) is 11.9 Å². The lowest BCUT2D eigenvalue weighted by molar-refractivity contribution is -0.137. The minimum Gasteiger partial charge on any atom is -0.472 e. The summed E-state index contributed by atoms with van der Waals surface area (Å²) in [6, 6.07) is 7.35. The van der Waals surface area contributed by atoms with Gasteiger partial charge < -0.3 is 9.64 Å². The van der Waals surface area contributed by atoms with Crippen LogP contribution in [0.4, 0.5) is 17.6 Å². The number of aromatic nitrogens is 3. The Hall–Kier alpha value is -3.56. The second kappa shape index (κ2) is 8.09. The zero-order valence-corrected chi connectivity index (χ0v) is 17.2. The van der Waals surface area contributed by atoms with Crippen molar-refractivity contribution in [2.75, 3.05) is 6.54 Å². The molecule has 3 aromatic rings. The Morgan fingerprint density at radius 3 is 2.52 bits per heavy atom. The Labute approximate surface area is 186 Å². The summed E-state index contributed by atoms with van der Waals surface area (Å²) in [5, 5.41) is 0. The molecule has 0 radical (unpaired) electrons. The second-order valence-corrected chi connectivity index (χ2v) is 8.16. The van der Waals surface area contributed by atoms with E-state index in [1.54, 1.807) is 23.4 Å². The third-order valence-electron chi connectivity index (χ3n) is 6.04. The molecule has 6 nitrogen and oxygen atoms in total. The molecule has 2 bridgehead atoms. The molecule has 3 atom stereocenters.